The molecule has 0 aliphatic carbocycles. The largest absolute Gasteiger partial charge is 0.495 e. The number of aromatic nitrogens is 1. The molecule has 0 aliphatic heterocycles. The molecule has 0 radical (unpaired) electrons. The van der Waals surface area contributed by atoms with Gasteiger partial charge < -0.3 is 15.4 Å². The van der Waals surface area contributed by atoms with Crippen LogP contribution in [-0.4, -0.2) is 18.1 Å². The van der Waals surface area contributed by atoms with Crippen molar-refractivity contribution in [1.82, 2.24) is 10.3 Å². The number of urea groups is 1. The maximum Gasteiger partial charge on any atom is 0.319 e. The van der Waals surface area contributed by atoms with E-state index in [1.54, 1.807) is 19.5 Å². The molecule has 20 heavy (non-hydrogen) atoms. The van der Waals surface area contributed by atoms with Crippen molar-refractivity contribution < 1.29 is 9.53 Å². The van der Waals surface area contributed by atoms with Gasteiger partial charge in [0.05, 0.1) is 12.8 Å². The first-order chi connectivity index (χ1) is 9.69. The molecule has 1 aromatic carbocycles. The number of nitrogens with zero attached hydrogens (tertiary/aromatic N) is 1. The van der Waals surface area contributed by atoms with Gasteiger partial charge in [0.1, 0.15) is 5.75 Å². The van der Waals surface area contributed by atoms with Crippen LogP contribution in [0.1, 0.15) is 11.1 Å². The van der Waals surface area contributed by atoms with E-state index in [4.69, 9.17) is 4.74 Å². The number of benzene rings is 1. The van der Waals surface area contributed by atoms with E-state index in [1.807, 2.05) is 37.3 Å². The summed E-state index contributed by atoms with van der Waals surface area (Å²) in [7, 11) is 1.57. The zero-order chi connectivity index (χ0) is 14.4. The number of carbonyl (C=O) groups is 1. The number of pyridine rings is 1. The number of methoxy groups -OCH3 is 1. The van der Waals surface area contributed by atoms with Crippen LogP contribution in [0, 0.1) is 6.92 Å². The highest BCUT2D eigenvalue weighted by Crippen LogP contribution is 2.24. The van der Waals surface area contributed by atoms with Crippen molar-refractivity contribution in [2.45, 2.75) is 13.5 Å². The van der Waals surface area contributed by atoms with Crippen LogP contribution in [0.5, 0.6) is 5.75 Å². The number of nitrogens with one attached hydrogen (secondary N) is 2. The van der Waals surface area contributed by atoms with Crippen molar-refractivity contribution in [1.29, 1.82) is 0 Å². The molecule has 0 fully saturated rings. The molecule has 2 rings (SSSR count). The van der Waals surface area contributed by atoms with Crippen LogP contribution in [0.2, 0.25) is 0 Å². The summed E-state index contributed by atoms with van der Waals surface area (Å²) in [6.45, 7) is 2.40. The third-order valence-corrected chi connectivity index (χ3v) is 2.81. The van der Waals surface area contributed by atoms with E-state index < -0.39 is 0 Å². The number of amides is 2. The van der Waals surface area contributed by atoms with Gasteiger partial charge in [0, 0.05) is 18.9 Å². The second-order valence-corrected chi connectivity index (χ2v) is 4.37. The van der Waals surface area contributed by atoms with Crippen molar-refractivity contribution in [2.24, 2.45) is 0 Å². The lowest BCUT2D eigenvalue weighted by molar-refractivity contribution is 0.251. The van der Waals surface area contributed by atoms with Gasteiger partial charge in [0.25, 0.3) is 0 Å². The van der Waals surface area contributed by atoms with E-state index in [1.165, 1.54) is 0 Å². The average Bonchev–Trinajstić information content (AvgIpc) is 2.46. The highest BCUT2D eigenvalue weighted by atomic mass is 16.5. The maximum absolute atomic E-state index is 11.9. The molecule has 2 aromatic rings. The highest BCUT2D eigenvalue weighted by molar-refractivity contribution is 5.91. The molecular formula is C15H17N3O2. The predicted molar refractivity (Wildman–Crippen MR) is 77.8 cm³/mol. The number of anilines is 1. The molecule has 0 spiro atoms. The Labute approximate surface area is 118 Å². The Bertz CT molecular complexity index is 585. The molecule has 2 amide bonds. The fraction of sp³-hybridized carbons (Fsp3) is 0.200. The van der Waals surface area contributed by atoms with E-state index in [9.17, 15) is 4.79 Å². The molecule has 0 bridgehead atoms. The zero-order valence-corrected chi connectivity index (χ0v) is 11.5. The Kier molecular flexibility index (Phi) is 4.55. The molecule has 2 N–H and O–H groups in total. The summed E-state index contributed by atoms with van der Waals surface area (Å²) in [5.41, 5.74) is 2.70. The summed E-state index contributed by atoms with van der Waals surface area (Å²) in [6, 6.07) is 9.06. The van der Waals surface area contributed by atoms with E-state index in [2.05, 4.69) is 15.6 Å². The molecular weight excluding hydrogens is 254 g/mol. The van der Waals surface area contributed by atoms with Gasteiger partial charge in [-0.3, -0.25) is 4.98 Å². The molecule has 104 valence electrons. The van der Waals surface area contributed by atoms with Crippen LogP contribution >= 0.6 is 0 Å². The number of carbonyl (C=O) groups excluding carboxylic acids is 1. The lowest BCUT2D eigenvalue weighted by atomic mass is 10.2. The molecule has 0 atom stereocenters. The SMILES string of the molecule is COc1ccc(C)cc1NC(=O)NCc1ccncc1. The Balaban J connectivity index is 1.96. The standard InChI is InChI=1S/C15H17N3O2/c1-11-3-4-14(20-2)13(9-11)18-15(19)17-10-12-5-7-16-8-6-12/h3-9H,10H2,1-2H3,(H2,17,18,19). The maximum atomic E-state index is 11.9. The summed E-state index contributed by atoms with van der Waals surface area (Å²) in [4.78, 5) is 15.8. The second kappa shape index (κ2) is 6.56. The van der Waals surface area contributed by atoms with Gasteiger partial charge in [-0.05, 0) is 42.3 Å². The van der Waals surface area contributed by atoms with Crippen LogP contribution in [0.15, 0.2) is 42.7 Å². The van der Waals surface area contributed by atoms with Crippen LogP contribution in [-0.2, 0) is 6.54 Å². The molecule has 0 saturated carbocycles. The highest BCUT2D eigenvalue weighted by Gasteiger charge is 2.07. The summed E-state index contributed by atoms with van der Waals surface area (Å²) in [5.74, 6) is 0.634. The van der Waals surface area contributed by atoms with Crippen molar-refractivity contribution in [3.8, 4) is 5.75 Å². The number of aryl methyl sites for hydroxylation is 1. The fourth-order valence-electron chi connectivity index (χ4n) is 1.77. The van der Waals surface area contributed by atoms with Crippen LogP contribution < -0.4 is 15.4 Å². The predicted octanol–water partition coefficient (Wildman–Crippen LogP) is 2.72. The van der Waals surface area contributed by atoms with Gasteiger partial charge in [0.15, 0.2) is 0 Å². The van der Waals surface area contributed by atoms with Crippen LogP contribution in [0.3, 0.4) is 0 Å². The summed E-state index contributed by atoms with van der Waals surface area (Å²) in [5, 5.41) is 5.57. The van der Waals surface area contributed by atoms with E-state index in [-0.39, 0.29) is 6.03 Å². The van der Waals surface area contributed by atoms with Gasteiger partial charge in [0.2, 0.25) is 0 Å². The van der Waals surface area contributed by atoms with E-state index in [0.717, 1.165) is 11.1 Å². The van der Waals surface area contributed by atoms with Gasteiger partial charge >= 0.3 is 6.03 Å². The topological polar surface area (TPSA) is 63.2 Å². The average molecular weight is 271 g/mol. The molecule has 0 unspecified atom stereocenters. The monoisotopic (exact) mass is 271 g/mol. The number of hydrogen-bond donors (Lipinski definition) is 2. The third-order valence-electron chi connectivity index (χ3n) is 2.81. The Morgan fingerprint density at radius 1 is 1.25 bits per heavy atom. The molecule has 5 heteroatoms. The first-order valence-electron chi connectivity index (χ1n) is 6.27. The van der Waals surface area contributed by atoms with Gasteiger partial charge in [-0.1, -0.05) is 6.07 Å². The first kappa shape index (κ1) is 13.9. The summed E-state index contributed by atoms with van der Waals surface area (Å²) < 4.78 is 5.21. The van der Waals surface area contributed by atoms with Gasteiger partial charge in [-0.25, -0.2) is 4.79 Å². The second-order valence-electron chi connectivity index (χ2n) is 4.37. The zero-order valence-electron chi connectivity index (χ0n) is 11.5. The third kappa shape index (κ3) is 3.71. The van der Waals surface area contributed by atoms with E-state index in [0.29, 0.717) is 18.0 Å². The van der Waals surface area contributed by atoms with Gasteiger partial charge in [-0.2, -0.15) is 0 Å². The van der Waals surface area contributed by atoms with E-state index >= 15 is 0 Å². The summed E-state index contributed by atoms with van der Waals surface area (Å²) in [6.07, 6.45) is 3.39. The Hall–Kier alpha value is -2.56. The number of ether oxygens (including phenoxy) is 1. The molecule has 5 nitrogen and oxygen atoms in total. The lowest BCUT2D eigenvalue weighted by Crippen LogP contribution is -2.28. The van der Waals surface area contributed by atoms with Crippen molar-refractivity contribution in [2.75, 3.05) is 12.4 Å². The fourth-order valence-corrected chi connectivity index (χ4v) is 1.77. The molecule has 1 heterocycles. The minimum absolute atomic E-state index is 0.272. The minimum atomic E-state index is -0.272. The van der Waals surface area contributed by atoms with Crippen molar-refractivity contribution in [3.05, 3.63) is 53.9 Å². The van der Waals surface area contributed by atoms with Crippen molar-refractivity contribution in [3.63, 3.8) is 0 Å². The van der Waals surface area contributed by atoms with Gasteiger partial charge in [-0.15, -0.1) is 0 Å². The lowest BCUT2D eigenvalue weighted by Gasteiger charge is -2.12. The molecule has 0 aliphatic rings. The first-order valence-corrected chi connectivity index (χ1v) is 6.27. The Morgan fingerprint density at radius 3 is 2.70 bits per heavy atom. The molecule has 0 saturated heterocycles. The van der Waals surface area contributed by atoms with Crippen LogP contribution in [0.25, 0.3) is 0 Å². The Morgan fingerprint density at radius 2 is 2.00 bits per heavy atom. The normalized spacial score (nSPS) is 9.90. The molecule has 1 aromatic heterocycles. The van der Waals surface area contributed by atoms with Crippen molar-refractivity contribution >= 4 is 11.7 Å². The number of hydrogen-bond acceptors (Lipinski definition) is 3. The number of rotatable bonds is 4. The van der Waals surface area contributed by atoms with Crippen LogP contribution in [0.4, 0.5) is 10.5 Å². The summed E-state index contributed by atoms with van der Waals surface area (Å²) >= 11 is 0. The smallest absolute Gasteiger partial charge is 0.319 e. The quantitative estimate of drug-likeness (QED) is 0.898. The minimum Gasteiger partial charge on any atom is -0.495 e.